The van der Waals surface area contributed by atoms with E-state index >= 15 is 0 Å². The topological polar surface area (TPSA) is 35.9 Å². The normalized spacial score (nSPS) is 30.1. The molecule has 1 saturated heterocycles. The van der Waals surface area contributed by atoms with Crippen LogP contribution in [0.25, 0.3) is 0 Å². The fourth-order valence-electron chi connectivity index (χ4n) is 5.15. The van der Waals surface area contributed by atoms with Crippen LogP contribution >= 0.6 is 11.6 Å². The highest BCUT2D eigenvalue weighted by Gasteiger charge is 2.39. The van der Waals surface area contributed by atoms with Crippen LogP contribution < -0.4 is 4.90 Å². The van der Waals surface area contributed by atoms with Crippen molar-refractivity contribution in [1.29, 1.82) is 0 Å². The molecule has 5 heteroatoms. The second-order valence-electron chi connectivity index (χ2n) is 8.39. The Morgan fingerprint density at radius 1 is 1.15 bits per heavy atom. The summed E-state index contributed by atoms with van der Waals surface area (Å²) in [6.07, 6.45) is 5.23. The van der Waals surface area contributed by atoms with Gasteiger partial charge in [-0.3, -0.25) is 4.90 Å². The van der Waals surface area contributed by atoms with Crippen molar-refractivity contribution in [1.82, 2.24) is 4.90 Å². The number of fused-ring (bicyclic) bond motifs is 2. The molecule has 2 saturated carbocycles. The monoisotopic (exact) mass is 378 g/mol. The van der Waals surface area contributed by atoms with Gasteiger partial charge >= 0.3 is 0 Å². The number of halogens is 1. The van der Waals surface area contributed by atoms with E-state index in [-0.39, 0.29) is 6.10 Å². The number of aliphatic hydroxyl groups excluding tert-OH is 1. The number of ether oxygens (including phenoxy) is 1. The summed E-state index contributed by atoms with van der Waals surface area (Å²) >= 11 is 6.09. The third kappa shape index (κ3) is 4.53. The first-order valence-electron chi connectivity index (χ1n) is 10.2. The lowest BCUT2D eigenvalue weighted by Crippen LogP contribution is -2.49. The highest BCUT2D eigenvalue weighted by atomic mass is 35.5. The lowest BCUT2D eigenvalue weighted by molar-refractivity contribution is -0.00274. The van der Waals surface area contributed by atoms with Crippen molar-refractivity contribution in [2.45, 2.75) is 31.8 Å². The van der Waals surface area contributed by atoms with Crippen LogP contribution in [0.5, 0.6) is 0 Å². The van der Waals surface area contributed by atoms with E-state index in [4.69, 9.17) is 16.3 Å². The number of hydrogen-bond donors (Lipinski definition) is 1. The first kappa shape index (κ1) is 18.5. The molecule has 4 nitrogen and oxygen atoms in total. The van der Waals surface area contributed by atoms with Crippen LogP contribution in [-0.4, -0.2) is 62.0 Å². The molecule has 4 unspecified atom stereocenters. The maximum atomic E-state index is 10.3. The Balaban J connectivity index is 1.14. The maximum absolute atomic E-state index is 10.3. The minimum Gasteiger partial charge on any atom is -0.389 e. The number of benzene rings is 1. The number of piperazine rings is 1. The smallest absolute Gasteiger partial charge is 0.0900 e. The van der Waals surface area contributed by atoms with Crippen LogP contribution in [0.1, 0.15) is 25.7 Å². The molecule has 4 atom stereocenters. The summed E-state index contributed by atoms with van der Waals surface area (Å²) in [5, 5.41) is 11.1. The van der Waals surface area contributed by atoms with Gasteiger partial charge in [0.25, 0.3) is 0 Å². The standard InChI is InChI=1S/C21H31ClN2O2/c22-19-2-1-3-20(12-19)24-8-6-23(7-9-24)13-21(25)15-26-14-18-11-16-4-5-17(18)10-16/h1-3,12,16-18,21,25H,4-11,13-15H2. The van der Waals surface area contributed by atoms with E-state index in [2.05, 4.69) is 15.9 Å². The summed E-state index contributed by atoms with van der Waals surface area (Å²) in [5.74, 6) is 2.62. The summed E-state index contributed by atoms with van der Waals surface area (Å²) in [7, 11) is 0. The molecule has 2 bridgehead atoms. The Morgan fingerprint density at radius 3 is 2.69 bits per heavy atom. The molecule has 2 aliphatic carbocycles. The van der Waals surface area contributed by atoms with Gasteiger partial charge in [0.05, 0.1) is 12.7 Å². The molecule has 0 aromatic heterocycles. The highest BCUT2D eigenvalue weighted by molar-refractivity contribution is 6.30. The van der Waals surface area contributed by atoms with Crippen molar-refractivity contribution in [3.05, 3.63) is 29.3 Å². The summed E-state index contributed by atoms with van der Waals surface area (Å²) in [6, 6.07) is 8.05. The second kappa shape index (κ2) is 8.47. The summed E-state index contributed by atoms with van der Waals surface area (Å²) < 4.78 is 5.88. The Bertz CT molecular complexity index is 591. The second-order valence-corrected chi connectivity index (χ2v) is 8.83. The molecule has 1 heterocycles. The van der Waals surface area contributed by atoms with Gasteiger partial charge in [-0.05, 0) is 55.2 Å². The van der Waals surface area contributed by atoms with E-state index in [9.17, 15) is 5.11 Å². The average Bonchev–Trinajstić information content (AvgIpc) is 3.25. The number of nitrogens with zero attached hydrogens (tertiary/aromatic N) is 2. The number of β-amino-alcohol motifs (C(OH)–C–C–N with tert-alkyl or cyclic N) is 1. The van der Waals surface area contributed by atoms with Crippen molar-refractivity contribution in [3.8, 4) is 0 Å². The maximum Gasteiger partial charge on any atom is 0.0900 e. The Morgan fingerprint density at radius 2 is 2.00 bits per heavy atom. The molecule has 1 aromatic carbocycles. The van der Waals surface area contributed by atoms with Crippen molar-refractivity contribution < 1.29 is 9.84 Å². The third-order valence-electron chi connectivity index (χ3n) is 6.54. The molecule has 3 aliphatic rings. The van der Waals surface area contributed by atoms with E-state index in [0.717, 1.165) is 55.6 Å². The van der Waals surface area contributed by atoms with Gasteiger partial charge in [0, 0.05) is 50.0 Å². The first-order valence-corrected chi connectivity index (χ1v) is 10.5. The molecule has 144 valence electrons. The molecular weight excluding hydrogens is 348 g/mol. The Labute approximate surface area is 162 Å². The Hall–Kier alpha value is -0.810. The van der Waals surface area contributed by atoms with Crippen LogP contribution in [0.2, 0.25) is 5.02 Å². The van der Waals surface area contributed by atoms with Crippen LogP contribution in [-0.2, 0) is 4.74 Å². The van der Waals surface area contributed by atoms with E-state index in [1.807, 2.05) is 18.2 Å². The zero-order chi connectivity index (χ0) is 17.9. The SMILES string of the molecule is OC(COCC1CC2CCC1C2)CN1CCN(c2cccc(Cl)c2)CC1. The van der Waals surface area contributed by atoms with Gasteiger partial charge in [-0.15, -0.1) is 0 Å². The molecule has 3 fully saturated rings. The van der Waals surface area contributed by atoms with Gasteiger partial charge in [-0.25, -0.2) is 0 Å². The highest BCUT2D eigenvalue weighted by Crippen LogP contribution is 2.48. The number of rotatable bonds is 7. The summed E-state index contributed by atoms with van der Waals surface area (Å²) in [6.45, 7) is 5.91. The van der Waals surface area contributed by atoms with Crippen molar-refractivity contribution in [2.75, 3.05) is 50.8 Å². The van der Waals surface area contributed by atoms with Crippen molar-refractivity contribution in [3.63, 3.8) is 0 Å². The first-order chi connectivity index (χ1) is 12.7. The molecule has 1 aromatic rings. The largest absolute Gasteiger partial charge is 0.389 e. The van der Waals surface area contributed by atoms with Crippen LogP contribution in [0.3, 0.4) is 0 Å². The lowest BCUT2D eigenvalue weighted by Gasteiger charge is -2.37. The quantitative estimate of drug-likeness (QED) is 0.789. The molecule has 1 aliphatic heterocycles. The minimum atomic E-state index is -0.383. The zero-order valence-corrected chi connectivity index (χ0v) is 16.3. The minimum absolute atomic E-state index is 0.383. The van der Waals surface area contributed by atoms with E-state index < -0.39 is 0 Å². The van der Waals surface area contributed by atoms with E-state index in [1.54, 1.807) is 0 Å². The molecule has 4 rings (SSSR count). The van der Waals surface area contributed by atoms with Gasteiger partial charge in [0.15, 0.2) is 0 Å². The number of hydrogen-bond acceptors (Lipinski definition) is 4. The fraction of sp³-hybridized carbons (Fsp3) is 0.714. The predicted octanol–water partition coefficient (Wildman–Crippen LogP) is 3.28. The molecule has 0 amide bonds. The molecule has 0 spiro atoms. The molecule has 1 N–H and O–H groups in total. The van der Waals surface area contributed by atoms with E-state index in [1.165, 1.54) is 31.4 Å². The number of anilines is 1. The van der Waals surface area contributed by atoms with Crippen molar-refractivity contribution in [2.24, 2.45) is 17.8 Å². The van der Waals surface area contributed by atoms with Crippen LogP contribution in [0.15, 0.2) is 24.3 Å². The van der Waals surface area contributed by atoms with Crippen molar-refractivity contribution >= 4 is 17.3 Å². The molecule has 26 heavy (non-hydrogen) atoms. The predicted molar refractivity (Wildman–Crippen MR) is 106 cm³/mol. The molecular formula is C21H31ClN2O2. The number of aliphatic hydroxyl groups is 1. The summed E-state index contributed by atoms with van der Waals surface area (Å²) in [5.41, 5.74) is 1.19. The van der Waals surface area contributed by atoms with Gasteiger partial charge in [-0.1, -0.05) is 24.1 Å². The van der Waals surface area contributed by atoms with Crippen LogP contribution in [0.4, 0.5) is 5.69 Å². The van der Waals surface area contributed by atoms with Gasteiger partial charge in [0.2, 0.25) is 0 Å². The van der Waals surface area contributed by atoms with Gasteiger partial charge in [0.1, 0.15) is 0 Å². The van der Waals surface area contributed by atoms with Crippen LogP contribution in [0, 0.1) is 17.8 Å². The Kier molecular flexibility index (Phi) is 6.04. The van der Waals surface area contributed by atoms with Gasteiger partial charge < -0.3 is 14.7 Å². The lowest BCUT2D eigenvalue weighted by atomic mass is 9.90. The fourth-order valence-corrected chi connectivity index (χ4v) is 5.33. The van der Waals surface area contributed by atoms with Gasteiger partial charge in [-0.2, -0.15) is 0 Å². The third-order valence-corrected chi connectivity index (χ3v) is 6.78. The zero-order valence-electron chi connectivity index (χ0n) is 15.5. The van der Waals surface area contributed by atoms with E-state index in [0.29, 0.717) is 13.2 Å². The average molecular weight is 379 g/mol. The summed E-state index contributed by atoms with van der Waals surface area (Å²) in [4.78, 5) is 4.70. The molecule has 0 radical (unpaired) electrons.